The number of carbonyl (C=O) groups excluding carboxylic acids is 5. The molecule has 76 heavy (non-hydrogen) atoms. The van der Waals surface area contributed by atoms with Crippen molar-refractivity contribution in [1.29, 1.82) is 0 Å². The summed E-state index contributed by atoms with van der Waals surface area (Å²) in [5.74, 6) is -7.63. The predicted molar refractivity (Wildman–Crippen MR) is 287 cm³/mol. The summed E-state index contributed by atoms with van der Waals surface area (Å²) in [7, 11) is 4.12. The summed E-state index contributed by atoms with van der Waals surface area (Å²) in [5, 5.41) is 47.6. The molecule has 5 aliphatic heterocycles. The van der Waals surface area contributed by atoms with Crippen LogP contribution >= 0.6 is 0 Å². The highest BCUT2D eigenvalue weighted by Crippen LogP contribution is 2.45. The minimum Gasteiger partial charge on any atom is -0.480 e. The average molecular weight is 1070 g/mol. The Balaban J connectivity index is 0.000000719. The number of carboxylic acid groups (broad SMARTS) is 1. The van der Waals surface area contributed by atoms with Crippen LogP contribution in [0.2, 0.25) is 0 Å². The van der Waals surface area contributed by atoms with Crippen molar-refractivity contribution in [3.8, 4) is 0 Å². The zero-order valence-electron chi connectivity index (χ0n) is 47.1. The van der Waals surface area contributed by atoms with Crippen molar-refractivity contribution in [1.82, 2.24) is 9.80 Å². The van der Waals surface area contributed by atoms with E-state index in [1.54, 1.807) is 34.0 Å². The summed E-state index contributed by atoms with van der Waals surface area (Å²) >= 11 is 0. The van der Waals surface area contributed by atoms with Crippen molar-refractivity contribution >= 4 is 35.2 Å². The number of fused-ring (bicyclic) bond motifs is 4. The monoisotopic (exact) mass is 1070 g/mol. The fourth-order valence-corrected chi connectivity index (χ4v) is 12.4. The van der Waals surface area contributed by atoms with E-state index in [4.69, 9.17) is 34.3 Å². The van der Waals surface area contributed by atoms with E-state index in [0.717, 1.165) is 70.7 Å². The van der Waals surface area contributed by atoms with Gasteiger partial charge in [0.15, 0.2) is 5.78 Å². The van der Waals surface area contributed by atoms with Gasteiger partial charge in [0.25, 0.3) is 11.7 Å². The number of esters is 1. The number of piperidine rings is 2. The molecule has 1 saturated carbocycles. The Morgan fingerprint density at radius 2 is 1.55 bits per heavy atom. The van der Waals surface area contributed by atoms with Gasteiger partial charge in [0.2, 0.25) is 5.79 Å². The highest BCUT2D eigenvalue weighted by atomic mass is 16.6. The highest BCUT2D eigenvalue weighted by molar-refractivity contribution is 6.39. The second-order valence-corrected chi connectivity index (χ2v) is 22.7. The van der Waals surface area contributed by atoms with E-state index in [1.165, 1.54) is 12.0 Å². The number of nitrogens with zero attached hydrogens (tertiary/aromatic N) is 2. The highest BCUT2D eigenvalue weighted by Gasteiger charge is 2.56. The van der Waals surface area contributed by atoms with Gasteiger partial charge >= 0.3 is 11.9 Å². The molecule has 0 aromatic heterocycles. The quantitative estimate of drug-likeness (QED) is 0.0979. The van der Waals surface area contributed by atoms with Crippen molar-refractivity contribution < 1.29 is 73.2 Å². The Kier molecular flexibility index (Phi) is 26.9. The van der Waals surface area contributed by atoms with Gasteiger partial charge in [0.05, 0.1) is 18.8 Å². The summed E-state index contributed by atoms with van der Waals surface area (Å²) in [6.45, 7) is 13.3. The molecule has 6 aliphatic rings. The largest absolute Gasteiger partial charge is 0.480 e. The van der Waals surface area contributed by atoms with Gasteiger partial charge in [-0.05, 0) is 140 Å². The van der Waals surface area contributed by atoms with Crippen molar-refractivity contribution in [3.63, 3.8) is 0 Å². The van der Waals surface area contributed by atoms with Crippen LogP contribution in [0.5, 0.6) is 0 Å². The van der Waals surface area contributed by atoms with Crippen molar-refractivity contribution in [2.75, 3.05) is 54.1 Å². The number of carboxylic acids is 1. The maximum Gasteiger partial charge on any atom is 0.329 e. The van der Waals surface area contributed by atoms with Gasteiger partial charge in [0.1, 0.15) is 30.1 Å². The van der Waals surface area contributed by atoms with Gasteiger partial charge in [-0.1, -0.05) is 82.6 Å². The van der Waals surface area contributed by atoms with Gasteiger partial charge < -0.3 is 49.4 Å². The SMILES string of the molecule is CO.COC1CCCC(CC2[C@H]3CCCN4C(=O)C(=O)C5(O)O[C@H](CC/C(C)=C/C=C/C=C/[C@@H](C)CC(C)C(=O)[C@H](OC)C(O)/C(C)=C/[C@@H](C)C(=O)C[C@@H]2OC(=O)C34)CCC5C)C1.O=C(O)CN1CCC(CCO)CC1. The zero-order chi connectivity index (χ0) is 56.3. The Morgan fingerprint density at radius 1 is 0.842 bits per heavy atom. The molecule has 1 amide bonds. The maximum atomic E-state index is 14.3. The number of methoxy groups -OCH3 is 2. The van der Waals surface area contributed by atoms with Gasteiger partial charge in [-0.3, -0.25) is 28.9 Å². The Labute approximate surface area is 452 Å². The molecule has 5 fully saturated rings. The third-order valence-electron chi connectivity index (χ3n) is 17.0. The fourth-order valence-electron chi connectivity index (χ4n) is 12.4. The molecule has 14 atom stereocenters. The van der Waals surface area contributed by atoms with E-state index in [2.05, 4.69) is 0 Å². The number of aliphatic hydroxyl groups is 4. The molecule has 5 N–H and O–H groups in total. The van der Waals surface area contributed by atoms with Crippen LogP contribution in [0, 0.1) is 47.3 Å². The van der Waals surface area contributed by atoms with Gasteiger partial charge in [-0.2, -0.15) is 0 Å². The van der Waals surface area contributed by atoms with Gasteiger partial charge in [0, 0.05) is 64.6 Å². The Morgan fingerprint density at radius 3 is 2.21 bits per heavy atom. The molecule has 430 valence electrons. The summed E-state index contributed by atoms with van der Waals surface area (Å²) in [4.78, 5) is 84.1. The van der Waals surface area contributed by atoms with E-state index in [-0.39, 0.29) is 67.5 Å². The van der Waals surface area contributed by atoms with E-state index < -0.39 is 77.6 Å². The molecule has 8 unspecified atom stereocenters. The summed E-state index contributed by atoms with van der Waals surface area (Å²) in [5.41, 5.74) is 1.51. The smallest absolute Gasteiger partial charge is 0.329 e. The van der Waals surface area contributed by atoms with Crippen molar-refractivity contribution in [2.45, 2.75) is 187 Å². The Bertz CT molecular complexity index is 2030. The van der Waals surface area contributed by atoms with Crippen LogP contribution in [0.15, 0.2) is 47.6 Å². The number of ketones is 3. The number of hydrogen-bond acceptors (Lipinski definition) is 15. The molecule has 6 rings (SSSR count). The van der Waals surface area contributed by atoms with Crippen LogP contribution in [0.4, 0.5) is 0 Å². The number of Topliss-reactive ketones (excluding diaryl/α,β-unsaturated/α-hetero) is 3. The van der Waals surface area contributed by atoms with Gasteiger partial charge in [-0.15, -0.1) is 0 Å². The number of amides is 1. The van der Waals surface area contributed by atoms with E-state index in [1.807, 2.05) is 56.1 Å². The molecule has 17 heteroatoms. The minimum absolute atomic E-state index is 0.0663. The number of rotatable bonds is 8. The lowest BCUT2D eigenvalue weighted by Gasteiger charge is -2.50. The number of allylic oxidation sites excluding steroid dienone is 7. The zero-order valence-corrected chi connectivity index (χ0v) is 47.1. The van der Waals surface area contributed by atoms with Crippen LogP contribution in [-0.2, 0) is 47.7 Å². The van der Waals surface area contributed by atoms with Crippen LogP contribution in [0.1, 0.15) is 144 Å². The molecule has 0 aromatic rings. The molecule has 4 saturated heterocycles. The van der Waals surface area contributed by atoms with Crippen molar-refractivity contribution in [3.05, 3.63) is 47.6 Å². The number of aliphatic hydroxyl groups excluding tert-OH is 3. The average Bonchev–Trinajstić information content (AvgIpc) is 3.41. The molecule has 5 heterocycles. The number of hydrogen-bond donors (Lipinski definition) is 5. The Hall–Kier alpha value is -3.94. The minimum atomic E-state index is -2.33. The van der Waals surface area contributed by atoms with Crippen LogP contribution in [0.3, 0.4) is 0 Å². The second-order valence-electron chi connectivity index (χ2n) is 22.7. The first kappa shape index (κ1) is 64.6. The fraction of sp³-hybridized carbons (Fsp3) is 0.763. The molecule has 0 spiro atoms. The predicted octanol–water partition coefficient (Wildman–Crippen LogP) is 6.58. The molecule has 17 nitrogen and oxygen atoms in total. The third-order valence-corrected chi connectivity index (χ3v) is 17.0. The lowest BCUT2D eigenvalue weighted by atomic mass is 9.68. The van der Waals surface area contributed by atoms with Crippen LogP contribution in [-0.4, -0.2) is 167 Å². The number of aliphatic carboxylic acids is 1. The summed E-state index contributed by atoms with van der Waals surface area (Å²) in [6.07, 6.45) is 19.2. The third kappa shape index (κ3) is 18.0. The topological polar surface area (TPSA) is 247 Å². The molecular formula is C59H94N2O15. The summed E-state index contributed by atoms with van der Waals surface area (Å²) in [6, 6.07) is -1.04. The number of ether oxygens (including phenoxy) is 4. The van der Waals surface area contributed by atoms with Crippen LogP contribution < -0.4 is 0 Å². The lowest BCUT2D eigenvalue weighted by molar-refractivity contribution is -0.263. The number of carbonyl (C=O) groups is 6. The summed E-state index contributed by atoms with van der Waals surface area (Å²) < 4.78 is 23.7. The van der Waals surface area contributed by atoms with E-state index in [0.29, 0.717) is 62.9 Å². The molecule has 0 aromatic carbocycles. The van der Waals surface area contributed by atoms with Gasteiger partial charge in [-0.25, -0.2) is 4.79 Å². The first-order chi connectivity index (χ1) is 36.2. The first-order valence-corrected chi connectivity index (χ1v) is 28.2. The first-order valence-electron chi connectivity index (χ1n) is 28.2. The normalized spacial score (nSPS) is 37.5. The molecule has 4 bridgehead atoms. The second kappa shape index (κ2) is 31.6. The molecule has 1 aliphatic carbocycles. The van der Waals surface area contributed by atoms with Crippen molar-refractivity contribution in [2.24, 2.45) is 47.3 Å². The van der Waals surface area contributed by atoms with Crippen LogP contribution in [0.25, 0.3) is 0 Å². The van der Waals surface area contributed by atoms with E-state index >= 15 is 0 Å². The van der Waals surface area contributed by atoms with E-state index in [9.17, 15) is 39.0 Å². The number of likely N-dealkylation sites (tertiary alicyclic amines) is 1. The lowest BCUT2D eigenvalue weighted by Crippen LogP contribution is -2.65. The maximum absolute atomic E-state index is 14.3. The standard InChI is InChI=1S/C49H73NO11.C9H17NO3.CH4O/c1-29-14-10-9-11-15-30(2)24-32(4)43(52)45(59-8)44(53)33(5)25-31(3)40(51)28-41-39(27-35-16-12-17-37(26-35)58-7)38-18-13-23-50(42(38)48(56)60-41)47(55)46(54)49(57)34(6)20-22-36(61-49)21-19-29;11-6-3-8-1-4-10(5-2-8)7-9(12)13;1-2/h9-11,14-15,25,30-32,34-39,41-42,44-45,53,57H,12-13,16-24,26-28H2,1-8H3;8,11H,1-7H2,(H,12,13);2H,1H3/b10-9+,15-11+,29-14+,33-25+;;/t30-,31-,32?,34?,35?,36-,37?,38-,39?,41+,42?,44?,45+,49?;;/m1../s1. The molecular weight excluding hydrogens is 977 g/mol. The molecule has 0 radical (unpaired) electrons.